The van der Waals surface area contributed by atoms with Gasteiger partial charge in [0.15, 0.2) is 0 Å². The van der Waals surface area contributed by atoms with Gasteiger partial charge in [-0.05, 0) is 13.8 Å². The lowest BCUT2D eigenvalue weighted by Crippen LogP contribution is -2.28. The normalized spacial score (nSPS) is 17.1. The molecule has 0 heterocycles. The standard InChI is InChI=1S/C4H11NO.ClH/c1-3(5)4(2)6;/h3-4,6H,5H2,1-2H3;1H/t3-,4+;/m1./s1. The zero-order valence-corrected chi connectivity index (χ0v) is 5.40. The molecule has 0 bridgehead atoms. The van der Waals surface area contributed by atoms with Gasteiger partial charge in [0.2, 0.25) is 0 Å². The zero-order chi connectivity index (χ0) is 5.15. The lowest BCUT2D eigenvalue weighted by atomic mass is 10.2. The molecule has 3 N–H and O–H groups in total. The van der Waals surface area contributed by atoms with Gasteiger partial charge in [0, 0.05) is 6.04 Å². The molecule has 0 aromatic carbocycles. The fraction of sp³-hybridized carbons (Fsp3) is 1.00. The molecule has 2 nitrogen and oxygen atoms in total. The third-order valence-corrected chi connectivity index (χ3v) is 0.761. The summed E-state index contributed by atoms with van der Waals surface area (Å²) in [6.07, 6.45) is -0.370. The molecule has 2 atom stereocenters. The van der Waals surface area contributed by atoms with E-state index in [0.29, 0.717) is 0 Å². The van der Waals surface area contributed by atoms with Crippen LogP contribution in [-0.2, 0) is 0 Å². The Morgan fingerprint density at radius 1 is 1.43 bits per heavy atom. The average molecular weight is 126 g/mol. The van der Waals surface area contributed by atoms with Crippen LogP contribution < -0.4 is 5.73 Å². The number of aliphatic hydroxyl groups is 1. The summed E-state index contributed by atoms with van der Waals surface area (Å²) < 4.78 is 0. The van der Waals surface area contributed by atoms with Gasteiger partial charge in [0.25, 0.3) is 0 Å². The van der Waals surface area contributed by atoms with Crippen molar-refractivity contribution >= 4 is 12.4 Å². The largest absolute Gasteiger partial charge is 0.392 e. The van der Waals surface area contributed by atoms with Gasteiger partial charge in [0.1, 0.15) is 0 Å². The van der Waals surface area contributed by atoms with Crippen LogP contribution in [-0.4, -0.2) is 17.3 Å². The molecule has 0 aromatic heterocycles. The first-order valence-electron chi connectivity index (χ1n) is 2.08. The Morgan fingerprint density at radius 3 is 1.57 bits per heavy atom. The van der Waals surface area contributed by atoms with Crippen molar-refractivity contribution in [1.82, 2.24) is 0 Å². The molecule has 0 aliphatic heterocycles. The molecule has 0 unspecified atom stereocenters. The van der Waals surface area contributed by atoms with Crippen molar-refractivity contribution in [2.24, 2.45) is 5.73 Å². The van der Waals surface area contributed by atoms with Crippen LogP contribution in [0, 0.1) is 0 Å². The first-order valence-corrected chi connectivity index (χ1v) is 2.08. The van der Waals surface area contributed by atoms with E-state index in [1.54, 1.807) is 13.8 Å². The number of halogens is 1. The first kappa shape index (κ1) is 10.2. The Hall–Kier alpha value is 0.210. The minimum absolute atomic E-state index is 0. The number of nitrogens with two attached hydrogens (primary N) is 1. The highest BCUT2D eigenvalue weighted by Gasteiger charge is 1.97. The molecular formula is C4H12ClNO. The number of rotatable bonds is 1. The predicted molar refractivity (Wildman–Crippen MR) is 32.6 cm³/mol. The van der Waals surface area contributed by atoms with E-state index in [4.69, 9.17) is 10.8 Å². The van der Waals surface area contributed by atoms with Gasteiger partial charge in [-0.2, -0.15) is 0 Å². The minimum atomic E-state index is -0.370. The predicted octanol–water partition coefficient (Wildman–Crippen LogP) is 0.136. The number of aliphatic hydroxyl groups excluding tert-OH is 1. The molecule has 0 spiro atoms. The van der Waals surface area contributed by atoms with Gasteiger partial charge in [0.05, 0.1) is 6.10 Å². The Kier molecular flexibility index (Phi) is 6.40. The Bertz CT molecular complexity index is 32.7. The lowest BCUT2D eigenvalue weighted by molar-refractivity contribution is 0.170. The summed E-state index contributed by atoms with van der Waals surface area (Å²) >= 11 is 0. The van der Waals surface area contributed by atoms with Gasteiger partial charge in [-0.3, -0.25) is 0 Å². The SMILES string of the molecule is C[C@H](O)[C@@H](C)N.Cl. The molecule has 46 valence electrons. The number of hydrogen-bond acceptors (Lipinski definition) is 2. The van der Waals surface area contributed by atoms with E-state index in [1.165, 1.54) is 0 Å². The highest BCUT2D eigenvalue weighted by atomic mass is 35.5. The summed E-state index contributed by atoms with van der Waals surface area (Å²) in [6.45, 7) is 3.44. The van der Waals surface area contributed by atoms with E-state index in [9.17, 15) is 0 Å². The summed E-state index contributed by atoms with van der Waals surface area (Å²) in [6, 6.07) is -0.0926. The van der Waals surface area contributed by atoms with E-state index in [-0.39, 0.29) is 24.6 Å². The van der Waals surface area contributed by atoms with Crippen molar-refractivity contribution in [2.75, 3.05) is 0 Å². The van der Waals surface area contributed by atoms with E-state index < -0.39 is 0 Å². The summed E-state index contributed by atoms with van der Waals surface area (Å²) in [4.78, 5) is 0. The molecule has 0 aliphatic carbocycles. The molecule has 0 aromatic rings. The smallest absolute Gasteiger partial charge is 0.0660 e. The molecule has 7 heavy (non-hydrogen) atoms. The summed E-state index contributed by atoms with van der Waals surface area (Å²) in [5, 5.41) is 8.50. The van der Waals surface area contributed by atoms with Crippen LogP contribution in [0.2, 0.25) is 0 Å². The Morgan fingerprint density at radius 2 is 1.57 bits per heavy atom. The summed E-state index contributed by atoms with van der Waals surface area (Å²) in [7, 11) is 0. The van der Waals surface area contributed by atoms with Crippen LogP contribution in [0.4, 0.5) is 0 Å². The highest BCUT2D eigenvalue weighted by Crippen LogP contribution is 1.81. The minimum Gasteiger partial charge on any atom is -0.392 e. The van der Waals surface area contributed by atoms with Crippen LogP contribution >= 0.6 is 12.4 Å². The molecule has 0 saturated carbocycles. The zero-order valence-electron chi connectivity index (χ0n) is 4.59. The first-order chi connectivity index (χ1) is 2.64. The molecule has 0 radical (unpaired) electrons. The van der Waals surface area contributed by atoms with Crippen molar-refractivity contribution in [3.63, 3.8) is 0 Å². The van der Waals surface area contributed by atoms with Crippen molar-refractivity contribution in [1.29, 1.82) is 0 Å². The third kappa shape index (κ3) is 6.21. The lowest BCUT2D eigenvalue weighted by Gasteiger charge is -2.04. The van der Waals surface area contributed by atoms with Gasteiger partial charge in [-0.25, -0.2) is 0 Å². The van der Waals surface area contributed by atoms with E-state index in [1.807, 2.05) is 0 Å². The van der Waals surface area contributed by atoms with Crippen molar-refractivity contribution in [2.45, 2.75) is 26.0 Å². The topological polar surface area (TPSA) is 46.2 Å². The van der Waals surface area contributed by atoms with Gasteiger partial charge >= 0.3 is 0 Å². The van der Waals surface area contributed by atoms with Gasteiger partial charge < -0.3 is 10.8 Å². The Balaban J connectivity index is 0. The summed E-state index contributed by atoms with van der Waals surface area (Å²) in [5.41, 5.74) is 5.19. The second-order valence-electron chi connectivity index (χ2n) is 1.60. The van der Waals surface area contributed by atoms with Crippen molar-refractivity contribution in [3.8, 4) is 0 Å². The second kappa shape index (κ2) is 4.37. The van der Waals surface area contributed by atoms with Gasteiger partial charge in [-0.1, -0.05) is 0 Å². The quantitative estimate of drug-likeness (QED) is 0.524. The molecule has 0 rings (SSSR count). The fourth-order valence-electron chi connectivity index (χ4n) is 0. The van der Waals surface area contributed by atoms with Crippen LogP contribution in [0.25, 0.3) is 0 Å². The highest BCUT2D eigenvalue weighted by molar-refractivity contribution is 5.85. The van der Waals surface area contributed by atoms with Crippen molar-refractivity contribution in [3.05, 3.63) is 0 Å². The van der Waals surface area contributed by atoms with Crippen LogP contribution in [0.3, 0.4) is 0 Å². The van der Waals surface area contributed by atoms with E-state index in [0.717, 1.165) is 0 Å². The monoisotopic (exact) mass is 125 g/mol. The summed E-state index contributed by atoms with van der Waals surface area (Å²) in [5.74, 6) is 0. The van der Waals surface area contributed by atoms with Crippen LogP contribution in [0.1, 0.15) is 13.8 Å². The van der Waals surface area contributed by atoms with E-state index >= 15 is 0 Å². The van der Waals surface area contributed by atoms with E-state index in [2.05, 4.69) is 0 Å². The molecule has 0 aliphatic rings. The average Bonchev–Trinajstić information content (AvgIpc) is 1.36. The second-order valence-corrected chi connectivity index (χ2v) is 1.60. The molecule has 0 fully saturated rings. The maximum atomic E-state index is 8.50. The molecule has 0 saturated heterocycles. The maximum absolute atomic E-state index is 8.50. The van der Waals surface area contributed by atoms with Gasteiger partial charge in [-0.15, -0.1) is 12.4 Å². The Labute approximate surface area is 50.1 Å². The fourth-order valence-corrected chi connectivity index (χ4v) is 0. The molecule has 0 amide bonds. The van der Waals surface area contributed by atoms with Crippen molar-refractivity contribution < 1.29 is 5.11 Å². The number of hydrogen-bond donors (Lipinski definition) is 2. The van der Waals surface area contributed by atoms with Crippen LogP contribution in [0.15, 0.2) is 0 Å². The maximum Gasteiger partial charge on any atom is 0.0660 e. The molecular weight excluding hydrogens is 114 g/mol. The third-order valence-electron chi connectivity index (χ3n) is 0.761. The molecule has 3 heteroatoms. The van der Waals surface area contributed by atoms with Crippen LogP contribution in [0.5, 0.6) is 0 Å².